The molecule has 0 aliphatic heterocycles. The Balaban J connectivity index is 2.12. The number of nitro benzene ring substituents is 1. The van der Waals surface area contributed by atoms with Crippen molar-refractivity contribution in [2.45, 2.75) is 6.61 Å². The molecular formula is C14H12ClNO4. The van der Waals surface area contributed by atoms with Crippen molar-refractivity contribution in [2.75, 3.05) is 7.11 Å². The predicted octanol–water partition coefficient (Wildman–Crippen LogP) is 3.84. The molecule has 0 fully saturated rings. The van der Waals surface area contributed by atoms with E-state index in [2.05, 4.69) is 0 Å². The van der Waals surface area contributed by atoms with E-state index < -0.39 is 4.92 Å². The van der Waals surface area contributed by atoms with Crippen LogP contribution in [0, 0.1) is 10.1 Å². The number of methoxy groups -OCH3 is 1. The number of nitrogens with zero attached hydrogens (tertiary/aromatic N) is 1. The molecule has 104 valence electrons. The molecule has 5 nitrogen and oxygen atoms in total. The molecule has 2 rings (SSSR count). The molecule has 0 aliphatic carbocycles. The van der Waals surface area contributed by atoms with Crippen LogP contribution in [-0.2, 0) is 6.61 Å². The third kappa shape index (κ3) is 3.39. The van der Waals surface area contributed by atoms with Crippen molar-refractivity contribution < 1.29 is 14.4 Å². The first-order valence-electron chi connectivity index (χ1n) is 5.80. The van der Waals surface area contributed by atoms with E-state index >= 15 is 0 Å². The molecule has 0 unspecified atom stereocenters. The van der Waals surface area contributed by atoms with Gasteiger partial charge in [0.15, 0.2) is 5.75 Å². The average molecular weight is 294 g/mol. The van der Waals surface area contributed by atoms with E-state index in [4.69, 9.17) is 21.1 Å². The normalized spacial score (nSPS) is 10.1. The fourth-order valence-corrected chi connectivity index (χ4v) is 1.80. The Labute approximate surface area is 120 Å². The molecule has 2 aromatic rings. The molecule has 0 N–H and O–H groups in total. The maximum atomic E-state index is 10.9. The number of hydrogen-bond donors (Lipinski definition) is 0. The molecule has 0 radical (unpaired) electrons. The first-order chi connectivity index (χ1) is 9.60. The Bertz CT molecular complexity index is 613. The Morgan fingerprint density at radius 3 is 2.50 bits per heavy atom. The zero-order valence-electron chi connectivity index (χ0n) is 10.7. The second kappa shape index (κ2) is 6.25. The van der Waals surface area contributed by atoms with Crippen molar-refractivity contribution in [1.29, 1.82) is 0 Å². The number of halogens is 1. The van der Waals surface area contributed by atoms with Crippen LogP contribution in [-0.4, -0.2) is 12.0 Å². The number of nitro groups is 1. The summed E-state index contributed by atoms with van der Waals surface area (Å²) < 4.78 is 10.5. The fourth-order valence-electron chi connectivity index (χ4n) is 1.64. The van der Waals surface area contributed by atoms with Gasteiger partial charge in [0.25, 0.3) is 0 Å². The van der Waals surface area contributed by atoms with Crippen LogP contribution in [0.5, 0.6) is 11.5 Å². The maximum absolute atomic E-state index is 10.9. The first-order valence-corrected chi connectivity index (χ1v) is 6.17. The smallest absolute Gasteiger partial charge is 0.312 e. The third-order valence-corrected chi connectivity index (χ3v) is 2.91. The van der Waals surface area contributed by atoms with Crippen LogP contribution in [0.25, 0.3) is 0 Å². The monoisotopic (exact) mass is 293 g/mol. The lowest BCUT2D eigenvalue weighted by Gasteiger charge is -2.07. The summed E-state index contributed by atoms with van der Waals surface area (Å²) in [4.78, 5) is 10.4. The van der Waals surface area contributed by atoms with Gasteiger partial charge >= 0.3 is 5.69 Å². The molecule has 0 spiro atoms. The molecule has 2 aromatic carbocycles. The van der Waals surface area contributed by atoms with Gasteiger partial charge in [-0.25, -0.2) is 0 Å². The maximum Gasteiger partial charge on any atom is 0.312 e. The number of benzene rings is 2. The Kier molecular flexibility index (Phi) is 4.42. The molecule has 0 aromatic heterocycles. The summed E-state index contributed by atoms with van der Waals surface area (Å²) in [6.45, 7) is 0.229. The van der Waals surface area contributed by atoms with Crippen LogP contribution in [0.2, 0.25) is 5.02 Å². The standard InChI is InChI=1S/C14H12ClNO4/c1-19-12-5-2-10(3-6-12)9-20-14-7-4-11(15)8-13(14)16(17)18/h2-8H,9H2,1H3. The number of rotatable bonds is 5. The van der Waals surface area contributed by atoms with E-state index in [-0.39, 0.29) is 18.0 Å². The van der Waals surface area contributed by atoms with E-state index in [0.29, 0.717) is 5.02 Å². The fraction of sp³-hybridized carbons (Fsp3) is 0.143. The third-order valence-electron chi connectivity index (χ3n) is 2.67. The van der Waals surface area contributed by atoms with Gasteiger partial charge in [0.1, 0.15) is 12.4 Å². The highest BCUT2D eigenvalue weighted by atomic mass is 35.5. The predicted molar refractivity (Wildman–Crippen MR) is 75.4 cm³/mol. The van der Waals surface area contributed by atoms with Crippen LogP contribution in [0.3, 0.4) is 0 Å². The van der Waals surface area contributed by atoms with Gasteiger partial charge in [-0.05, 0) is 29.8 Å². The number of hydrogen-bond acceptors (Lipinski definition) is 4. The zero-order chi connectivity index (χ0) is 14.5. The Hall–Kier alpha value is -2.27. The van der Waals surface area contributed by atoms with Gasteiger partial charge < -0.3 is 9.47 Å². The first kappa shape index (κ1) is 14.1. The molecule has 0 bridgehead atoms. The molecule has 0 amide bonds. The highest BCUT2D eigenvalue weighted by molar-refractivity contribution is 6.30. The summed E-state index contributed by atoms with van der Waals surface area (Å²) in [5.74, 6) is 0.932. The largest absolute Gasteiger partial charge is 0.497 e. The van der Waals surface area contributed by atoms with Gasteiger partial charge in [0.05, 0.1) is 12.0 Å². The quantitative estimate of drug-likeness (QED) is 0.621. The summed E-state index contributed by atoms with van der Waals surface area (Å²) in [6, 6.07) is 11.6. The molecule has 6 heteroatoms. The molecule has 0 heterocycles. The van der Waals surface area contributed by atoms with Crippen molar-refractivity contribution >= 4 is 17.3 Å². The van der Waals surface area contributed by atoms with Crippen molar-refractivity contribution in [3.8, 4) is 11.5 Å². The molecule has 0 aliphatic rings. The molecular weight excluding hydrogens is 282 g/mol. The summed E-state index contributed by atoms with van der Waals surface area (Å²) in [5, 5.41) is 11.2. The summed E-state index contributed by atoms with van der Waals surface area (Å²) in [7, 11) is 1.59. The molecule has 0 saturated carbocycles. The van der Waals surface area contributed by atoms with Crippen molar-refractivity contribution in [2.24, 2.45) is 0 Å². The van der Waals surface area contributed by atoms with E-state index in [0.717, 1.165) is 11.3 Å². The minimum Gasteiger partial charge on any atom is -0.497 e. The van der Waals surface area contributed by atoms with Crippen LogP contribution in [0.15, 0.2) is 42.5 Å². The topological polar surface area (TPSA) is 61.6 Å². The van der Waals surface area contributed by atoms with E-state index in [1.807, 2.05) is 12.1 Å². The van der Waals surface area contributed by atoms with Crippen LogP contribution >= 0.6 is 11.6 Å². The summed E-state index contributed by atoms with van der Waals surface area (Å²) in [5.41, 5.74) is 0.737. The van der Waals surface area contributed by atoms with E-state index in [1.54, 1.807) is 25.3 Å². The molecule has 0 atom stereocenters. The second-order valence-electron chi connectivity index (χ2n) is 4.01. The zero-order valence-corrected chi connectivity index (χ0v) is 11.5. The van der Waals surface area contributed by atoms with Crippen LogP contribution in [0.4, 0.5) is 5.69 Å². The van der Waals surface area contributed by atoms with Gasteiger partial charge in [-0.3, -0.25) is 10.1 Å². The highest BCUT2D eigenvalue weighted by Crippen LogP contribution is 2.30. The van der Waals surface area contributed by atoms with E-state index in [1.165, 1.54) is 12.1 Å². The lowest BCUT2D eigenvalue weighted by atomic mass is 10.2. The van der Waals surface area contributed by atoms with Gasteiger partial charge in [-0.1, -0.05) is 23.7 Å². The molecule has 0 saturated heterocycles. The van der Waals surface area contributed by atoms with Gasteiger partial charge in [0, 0.05) is 11.1 Å². The summed E-state index contributed by atoms with van der Waals surface area (Å²) >= 11 is 5.74. The van der Waals surface area contributed by atoms with Gasteiger partial charge in [-0.15, -0.1) is 0 Å². The minimum absolute atomic E-state index is 0.147. The SMILES string of the molecule is COc1ccc(COc2ccc(Cl)cc2[N+](=O)[O-])cc1. The minimum atomic E-state index is -0.519. The van der Waals surface area contributed by atoms with Crippen molar-refractivity contribution in [1.82, 2.24) is 0 Å². The lowest BCUT2D eigenvalue weighted by Crippen LogP contribution is -1.99. The Morgan fingerprint density at radius 2 is 1.90 bits per heavy atom. The van der Waals surface area contributed by atoms with Crippen LogP contribution in [0.1, 0.15) is 5.56 Å². The summed E-state index contributed by atoms with van der Waals surface area (Å²) in [6.07, 6.45) is 0. The highest BCUT2D eigenvalue weighted by Gasteiger charge is 2.15. The van der Waals surface area contributed by atoms with Crippen molar-refractivity contribution in [3.63, 3.8) is 0 Å². The van der Waals surface area contributed by atoms with Crippen molar-refractivity contribution in [3.05, 3.63) is 63.2 Å². The lowest BCUT2D eigenvalue weighted by molar-refractivity contribution is -0.385. The van der Waals surface area contributed by atoms with Gasteiger partial charge in [0.2, 0.25) is 0 Å². The van der Waals surface area contributed by atoms with E-state index in [9.17, 15) is 10.1 Å². The second-order valence-corrected chi connectivity index (χ2v) is 4.44. The van der Waals surface area contributed by atoms with Crippen LogP contribution < -0.4 is 9.47 Å². The average Bonchev–Trinajstić information content (AvgIpc) is 2.46. The number of ether oxygens (including phenoxy) is 2. The molecule has 20 heavy (non-hydrogen) atoms. The van der Waals surface area contributed by atoms with Gasteiger partial charge in [-0.2, -0.15) is 0 Å². The Morgan fingerprint density at radius 1 is 1.20 bits per heavy atom.